The molecule has 0 unspecified atom stereocenters. The summed E-state index contributed by atoms with van der Waals surface area (Å²) in [6, 6.07) is 9.20. The van der Waals surface area contributed by atoms with Crippen molar-refractivity contribution in [2.24, 2.45) is 5.73 Å². The van der Waals surface area contributed by atoms with Crippen LogP contribution in [0.15, 0.2) is 36.4 Å². The fourth-order valence-electron chi connectivity index (χ4n) is 2.04. The standard InChI is InChI=1S/C17H17ClFNO2/c1-3-15(20)13-7-8-14(18)17(16(13)19)22-12-6-4-5-11(9-12)10(2)21/h4-9,15H,3,20H2,1-2H3/t15-/m0/s1. The number of hydrogen-bond acceptors (Lipinski definition) is 3. The van der Waals surface area contributed by atoms with E-state index in [0.29, 0.717) is 23.3 Å². The number of carbonyl (C=O) groups is 1. The number of nitrogens with two attached hydrogens (primary N) is 1. The molecular weight excluding hydrogens is 305 g/mol. The second-order valence-electron chi connectivity index (χ2n) is 4.98. The van der Waals surface area contributed by atoms with E-state index in [1.165, 1.54) is 6.92 Å². The van der Waals surface area contributed by atoms with Gasteiger partial charge in [0.15, 0.2) is 17.3 Å². The van der Waals surface area contributed by atoms with Gasteiger partial charge in [-0.3, -0.25) is 4.79 Å². The highest BCUT2D eigenvalue weighted by atomic mass is 35.5. The van der Waals surface area contributed by atoms with E-state index in [1.807, 2.05) is 6.92 Å². The van der Waals surface area contributed by atoms with E-state index in [9.17, 15) is 9.18 Å². The van der Waals surface area contributed by atoms with Crippen LogP contribution in [0.2, 0.25) is 5.02 Å². The van der Waals surface area contributed by atoms with Crippen molar-refractivity contribution in [3.8, 4) is 11.5 Å². The van der Waals surface area contributed by atoms with Gasteiger partial charge in [-0.15, -0.1) is 0 Å². The van der Waals surface area contributed by atoms with Crippen molar-refractivity contribution in [3.63, 3.8) is 0 Å². The lowest BCUT2D eigenvalue weighted by Gasteiger charge is -2.15. The molecule has 0 spiro atoms. The van der Waals surface area contributed by atoms with Crippen LogP contribution < -0.4 is 10.5 Å². The number of halogens is 2. The maximum Gasteiger partial charge on any atom is 0.181 e. The second-order valence-corrected chi connectivity index (χ2v) is 5.39. The van der Waals surface area contributed by atoms with E-state index < -0.39 is 11.9 Å². The van der Waals surface area contributed by atoms with E-state index in [1.54, 1.807) is 36.4 Å². The maximum atomic E-state index is 14.6. The first kappa shape index (κ1) is 16.5. The summed E-state index contributed by atoms with van der Waals surface area (Å²) >= 11 is 6.03. The van der Waals surface area contributed by atoms with Gasteiger partial charge in [0.25, 0.3) is 0 Å². The van der Waals surface area contributed by atoms with Crippen molar-refractivity contribution in [2.75, 3.05) is 0 Å². The molecule has 3 nitrogen and oxygen atoms in total. The van der Waals surface area contributed by atoms with Crippen molar-refractivity contribution in [2.45, 2.75) is 26.3 Å². The Bertz CT molecular complexity index is 703. The summed E-state index contributed by atoms with van der Waals surface area (Å²) in [5, 5.41) is 0.151. The normalized spacial score (nSPS) is 12.0. The van der Waals surface area contributed by atoms with E-state index in [0.717, 1.165) is 0 Å². The third-order valence-corrected chi connectivity index (χ3v) is 3.68. The smallest absolute Gasteiger partial charge is 0.181 e. The van der Waals surface area contributed by atoms with Crippen LogP contribution >= 0.6 is 11.6 Å². The molecule has 116 valence electrons. The summed E-state index contributed by atoms with van der Waals surface area (Å²) in [4.78, 5) is 11.4. The van der Waals surface area contributed by atoms with Gasteiger partial charge < -0.3 is 10.5 Å². The predicted molar refractivity (Wildman–Crippen MR) is 85.1 cm³/mol. The quantitative estimate of drug-likeness (QED) is 0.798. The molecule has 22 heavy (non-hydrogen) atoms. The Balaban J connectivity index is 2.41. The molecule has 2 aromatic carbocycles. The van der Waals surface area contributed by atoms with Gasteiger partial charge in [0.1, 0.15) is 5.75 Å². The summed E-state index contributed by atoms with van der Waals surface area (Å²) < 4.78 is 20.1. The Labute approximate surface area is 133 Å². The van der Waals surface area contributed by atoms with Gasteiger partial charge in [-0.2, -0.15) is 0 Å². The van der Waals surface area contributed by atoms with Crippen LogP contribution in [0.5, 0.6) is 11.5 Å². The Kier molecular flexibility index (Phi) is 5.16. The van der Waals surface area contributed by atoms with Crippen molar-refractivity contribution in [1.29, 1.82) is 0 Å². The molecule has 0 aromatic heterocycles. The largest absolute Gasteiger partial charge is 0.453 e. The second kappa shape index (κ2) is 6.90. The molecular formula is C17H17ClFNO2. The summed E-state index contributed by atoms with van der Waals surface area (Å²) in [5.41, 5.74) is 6.72. The predicted octanol–water partition coefficient (Wildman–Crippen LogP) is 4.88. The number of ketones is 1. The van der Waals surface area contributed by atoms with Gasteiger partial charge in [-0.25, -0.2) is 4.39 Å². The van der Waals surface area contributed by atoms with Crippen molar-refractivity contribution < 1.29 is 13.9 Å². The van der Waals surface area contributed by atoms with Gasteiger partial charge in [0, 0.05) is 17.2 Å². The Morgan fingerprint density at radius 2 is 2.09 bits per heavy atom. The molecule has 0 fully saturated rings. The monoisotopic (exact) mass is 321 g/mol. The Hall–Kier alpha value is -1.91. The van der Waals surface area contributed by atoms with Gasteiger partial charge >= 0.3 is 0 Å². The zero-order valence-corrected chi connectivity index (χ0v) is 13.2. The van der Waals surface area contributed by atoms with Crippen LogP contribution in [0, 0.1) is 5.82 Å². The van der Waals surface area contributed by atoms with Gasteiger partial charge in [0.05, 0.1) is 5.02 Å². The third kappa shape index (κ3) is 3.46. The lowest BCUT2D eigenvalue weighted by molar-refractivity contribution is 0.101. The first-order valence-electron chi connectivity index (χ1n) is 6.96. The Morgan fingerprint density at radius 3 is 2.73 bits per heavy atom. The molecule has 2 rings (SSSR count). The zero-order chi connectivity index (χ0) is 16.3. The minimum absolute atomic E-state index is 0.0798. The minimum atomic E-state index is -0.574. The highest BCUT2D eigenvalue weighted by Crippen LogP contribution is 2.36. The average Bonchev–Trinajstić information content (AvgIpc) is 2.51. The lowest BCUT2D eigenvalue weighted by Crippen LogP contribution is -2.11. The summed E-state index contributed by atoms with van der Waals surface area (Å²) in [7, 11) is 0. The van der Waals surface area contributed by atoms with E-state index in [2.05, 4.69) is 0 Å². The van der Waals surface area contributed by atoms with Crippen LogP contribution in [0.25, 0.3) is 0 Å². The number of hydrogen-bond donors (Lipinski definition) is 1. The molecule has 0 radical (unpaired) electrons. The molecule has 5 heteroatoms. The fourth-order valence-corrected chi connectivity index (χ4v) is 2.23. The minimum Gasteiger partial charge on any atom is -0.453 e. The van der Waals surface area contributed by atoms with E-state index in [4.69, 9.17) is 22.1 Å². The molecule has 0 bridgehead atoms. The lowest BCUT2D eigenvalue weighted by atomic mass is 10.0. The SMILES string of the molecule is CC[C@H](N)c1ccc(Cl)c(Oc2cccc(C(C)=O)c2)c1F. The first-order chi connectivity index (χ1) is 10.4. The van der Waals surface area contributed by atoms with Crippen molar-refractivity contribution in [1.82, 2.24) is 0 Å². The van der Waals surface area contributed by atoms with E-state index >= 15 is 0 Å². The van der Waals surface area contributed by atoms with Crippen LogP contribution in [0.3, 0.4) is 0 Å². The fraction of sp³-hybridized carbons (Fsp3) is 0.235. The number of Topliss-reactive ketones (excluding diaryl/α,β-unsaturated/α-hetero) is 1. The molecule has 0 aliphatic carbocycles. The maximum absolute atomic E-state index is 14.6. The molecule has 1 atom stereocenters. The van der Waals surface area contributed by atoms with Crippen LogP contribution in [0.4, 0.5) is 4.39 Å². The number of ether oxygens (including phenoxy) is 1. The zero-order valence-electron chi connectivity index (χ0n) is 12.4. The molecule has 2 N–H and O–H groups in total. The topological polar surface area (TPSA) is 52.3 Å². The molecule has 0 amide bonds. The van der Waals surface area contributed by atoms with Crippen LogP contribution in [0.1, 0.15) is 42.2 Å². The molecule has 0 saturated heterocycles. The molecule has 0 heterocycles. The van der Waals surface area contributed by atoms with Crippen molar-refractivity contribution >= 4 is 17.4 Å². The van der Waals surface area contributed by atoms with E-state index in [-0.39, 0.29) is 16.6 Å². The third-order valence-electron chi connectivity index (χ3n) is 3.38. The van der Waals surface area contributed by atoms with Crippen LogP contribution in [-0.4, -0.2) is 5.78 Å². The van der Waals surface area contributed by atoms with Gasteiger partial charge in [-0.05, 0) is 31.5 Å². The molecule has 0 aliphatic heterocycles. The Morgan fingerprint density at radius 1 is 1.36 bits per heavy atom. The number of benzene rings is 2. The summed E-state index contributed by atoms with van der Waals surface area (Å²) in [6.07, 6.45) is 0.595. The number of rotatable bonds is 5. The average molecular weight is 322 g/mol. The first-order valence-corrected chi connectivity index (χ1v) is 7.34. The highest BCUT2D eigenvalue weighted by molar-refractivity contribution is 6.32. The van der Waals surface area contributed by atoms with Crippen LogP contribution in [-0.2, 0) is 0 Å². The highest BCUT2D eigenvalue weighted by Gasteiger charge is 2.18. The summed E-state index contributed by atoms with van der Waals surface area (Å²) in [5.74, 6) is -0.409. The van der Waals surface area contributed by atoms with Gasteiger partial charge in [-0.1, -0.05) is 36.7 Å². The molecule has 0 saturated carbocycles. The molecule has 0 aliphatic rings. The van der Waals surface area contributed by atoms with Gasteiger partial charge in [0.2, 0.25) is 0 Å². The number of carbonyl (C=O) groups excluding carboxylic acids is 1. The summed E-state index contributed by atoms with van der Waals surface area (Å²) in [6.45, 7) is 3.32. The molecule has 2 aromatic rings. The van der Waals surface area contributed by atoms with Crippen molar-refractivity contribution in [3.05, 3.63) is 58.4 Å².